The van der Waals surface area contributed by atoms with Crippen molar-refractivity contribution in [1.29, 1.82) is 0 Å². The van der Waals surface area contributed by atoms with Gasteiger partial charge >= 0.3 is 0 Å². The molecule has 0 saturated heterocycles. The molecule has 0 aliphatic heterocycles. The van der Waals surface area contributed by atoms with Crippen LogP contribution in [0.1, 0.15) is 25.6 Å². The molecule has 4 heteroatoms. The molecule has 1 unspecified atom stereocenters. The summed E-state index contributed by atoms with van der Waals surface area (Å²) in [5, 5.41) is 3.23. The van der Waals surface area contributed by atoms with E-state index in [2.05, 4.69) is 28.7 Å². The first kappa shape index (κ1) is 12.2. The van der Waals surface area contributed by atoms with Gasteiger partial charge in [-0.25, -0.2) is 4.98 Å². The highest BCUT2D eigenvalue weighted by Gasteiger charge is 2.11. The number of rotatable bonds is 6. The zero-order valence-corrected chi connectivity index (χ0v) is 10.0. The molecule has 1 aromatic heterocycles. The summed E-state index contributed by atoms with van der Waals surface area (Å²) in [5.74, 6) is 1.59. The highest BCUT2D eigenvalue weighted by molar-refractivity contribution is 4.98. The molecule has 0 aliphatic rings. The topological polar surface area (TPSA) is 39.1 Å². The Bertz CT molecular complexity index is 283. The Morgan fingerprint density at radius 1 is 1.53 bits per heavy atom. The minimum atomic E-state index is 0.335. The number of hydrogen-bond acceptors (Lipinski definition) is 3. The largest absolute Gasteiger partial charge is 0.383 e. The van der Waals surface area contributed by atoms with Crippen molar-refractivity contribution in [2.45, 2.75) is 32.4 Å². The summed E-state index contributed by atoms with van der Waals surface area (Å²) in [4.78, 5) is 4.36. The van der Waals surface area contributed by atoms with Gasteiger partial charge in [0.15, 0.2) is 0 Å². The van der Waals surface area contributed by atoms with E-state index in [0.717, 1.165) is 12.4 Å². The Hall–Kier alpha value is -0.870. The van der Waals surface area contributed by atoms with Crippen LogP contribution in [0, 0.1) is 0 Å². The Morgan fingerprint density at radius 3 is 2.80 bits per heavy atom. The van der Waals surface area contributed by atoms with Crippen LogP contribution in [0.15, 0.2) is 12.4 Å². The Balaban J connectivity index is 2.65. The lowest BCUT2D eigenvalue weighted by Gasteiger charge is -2.18. The summed E-state index contributed by atoms with van der Waals surface area (Å²) in [6.45, 7) is 5.93. The number of ether oxygens (including phenoxy) is 1. The molecule has 0 aromatic carbocycles. The van der Waals surface area contributed by atoms with E-state index in [1.807, 2.05) is 19.4 Å². The summed E-state index contributed by atoms with van der Waals surface area (Å²) >= 11 is 0. The van der Waals surface area contributed by atoms with Gasteiger partial charge in [0.2, 0.25) is 0 Å². The van der Waals surface area contributed by atoms with Gasteiger partial charge in [0.1, 0.15) is 5.82 Å². The highest BCUT2D eigenvalue weighted by Crippen LogP contribution is 2.12. The highest BCUT2D eigenvalue weighted by atomic mass is 16.5. The molecule has 0 aliphatic carbocycles. The molecule has 0 radical (unpaired) electrons. The van der Waals surface area contributed by atoms with Gasteiger partial charge in [-0.2, -0.15) is 0 Å². The number of methoxy groups -OCH3 is 1. The number of nitrogens with one attached hydrogen (secondary N) is 1. The molecule has 0 saturated carbocycles. The van der Waals surface area contributed by atoms with Crippen LogP contribution in [0.5, 0.6) is 0 Å². The predicted octanol–water partition coefficient (Wildman–Crippen LogP) is 1.24. The maximum absolute atomic E-state index is 5.15. The normalized spacial score (nSPS) is 13.4. The molecular weight excluding hydrogens is 190 g/mol. The van der Waals surface area contributed by atoms with Crippen molar-refractivity contribution in [2.75, 3.05) is 20.8 Å². The number of nitrogens with zero attached hydrogens (tertiary/aromatic N) is 2. The Labute approximate surface area is 91.7 Å². The monoisotopic (exact) mass is 211 g/mol. The SMILES string of the molecule is CNC(COC)Cn1ccnc1C(C)C. The molecule has 4 nitrogen and oxygen atoms in total. The fourth-order valence-corrected chi connectivity index (χ4v) is 1.64. The van der Waals surface area contributed by atoms with Gasteiger partial charge in [-0.1, -0.05) is 13.8 Å². The second-order valence-electron chi connectivity index (χ2n) is 4.03. The Morgan fingerprint density at radius 2 is 2.27 bits per heavy atom. The summed E-state index contributed by atoms with van der Waals surface area (Å²) in [7, 11) is 3.68. The first-order valence-electron chi connectivity index (χ1n) is 5.36. The second kappa shape index (κ2) is 5.88. The average molecular weight is 211 g/mol. The van der Waals surface area contributed by atoms with Gasteiger partial charge in [0, 0.05) is 38.0 Å². The fourth-order valence-electron chi connectivity index (χ4n) is 1.64. The van der Waals surface area contributed by atoms with Crippen LogP contribution >= 0.6 is 0 Å². The van der Waals surface area contributed by atoms with Crippen molar-refractivity contribution in [3.8, 4) is 0 Å². The van der Waals surface area contributed by atoms with Crippen molar-refractivity contribution < 1.29 is 4.74 Å². The van der Waals surface area contributed by atoms with Crippen molar-refractivity contribution in [1.82, 2.24) is 14.9 Å². The van der Waals surface area contributed by atoms with Crippen LogP contribution in [0.2, 0.25) is 0 Å². The lowest BCUT2D eigenvalue weighted by molar-refractivity contribution is 0.161. The third kappa shape index (κ3) is 3.32. The third-order valence-electron chi connectivity index (χ3n) is 2.46. The van der Waals surface area contributed by atoms with E-state index in [1.54, 1.807) is 7.11 Å². The van der Waals surface area contributed by atoms with Crippen LogP contribution in [0.4, 0.5) is 0 Å². The van der Waals surface area contributed by atoms with Gasteiger partial charge in [-0.05, 0) is 7.05 Å². The molecule has 1 heterocycles. The second-order valence-corrected chi connectivity index (χ2v) is 4.03. The van der Waals surface area contributed by atoms with Crippen molar-refractivity contribution in [3.05, 3.63) is 18.2 Å². The number of imidazole rings is 1. The van der Waals surface area contributed by atoms with Crippen molar-refractivity contribution in [3.63, 3.8) is 0 Å². The van der Waals surface area contributed by atoms with Crippen LogP contribution in [-0.4, -0.2) is 36.4 Å². The van der Waals surface area contributed by atoms with E-state index < -0.39 is 0 Å². The molecule has 15 heavy (non-hydrogen) atoms. The van der Waals surface area contributed by atoms with Gasteiger partial charge < -0.3 is 14.6 Å². The lowest BCUT2D eigenvalue weighted by Crippen LogP contribution is -2.34. The molecule has 0 fully saturated rings. The van der Waals surface area contributed by atoms with Crippen molar-refractivity contribution in [2.24, 2.45) is 0 Å². The fraction of sp³-hybridized carbons (Fsp3) is 0.727. The number of hydrogen-bond donors (Lipinski definition) is 1. The smallest absolute Gasteiger partial charge is 0.111 e. The zero-order valence-electron chi connectivity index (χ0n) is 10.0. The van der Waals surface area contributed by atoms with E-state index in [1.165, 1.54) is 0 Å². The molecule has 1 aromatic rings. The first-order chi connectivity index (χ1) is 7.19. The summed E-state index contributed by atoms with van der Waals surface area (Å²) in [6, 6.07) is 0.335. The summed E-state index contributed by atoms with van der Waals surface area (Å²) in [5.41, 5.74) is 0. The standard InChI is InChI=1S/C11H21N3O/c1-9(2)11-13-5-6-14(11)7-10(12-3)8-15-4/h5-6,9-10,12H,7-8H2,1-4H3. The van der Waals surface area contributed by atoms with Crippen LogP contribution < -0.4 is 5.32 Å². The van der Waals surface area contributed by atoms with Crippen LogP contribution in [0.3, 0.4) is 0 Å². The van der Waals surface area contributed by atoms with Gasteiger partial charge in [-0.15, -0.1) is 0 Å². The molecule has 1 rings (SSSR count). The molecule has 0 bridgehead atoms. The van der Waals surface area contributed by atoms with Gasteiger partial charge in [-0.3, -0.25) is 0 Å². The van der Waals surface area contributed by atoms with Gasteiger partial charge in [0.05, 0.1) is 6.61 Å². The first-order valence-corrected chi connectivity index (χ1v) is 5.36. The number of aromatic nitrogens is 2. The maximum atomic E-state index is 5.15. The third-order valence-corrected chi connectivity index (χ3v) is 2.46. The van der Waals surface area contributed by atoms with E-state index in [9.17, 15) is 0 Å². The van der Waals surface area contributed by atoms with Crippen LogP contribution in [0.25, 0.3) is 0 Å². The molecule has 1 N–H and O–H groups in total. The minimum Gasteiger partial charge on any atom is -0.383 e. The van der Waals surface area contributed by atoms with E-state index in [0.29, 0.717) is 18.6 Å². The quantitative estimate of drug-likeness (QED) is 0.769. The van der Waals surface area contributed by atoms with E-state index >= 15 is 0 Å². The molecule has 86 valence electrons. The summed E-state index contributed by atoms with van der Waals surface area (Å²) in [6.07, 6.45) is 3.88. The summed E-state index contributed by atoms with van der Waals surface area (Å²) < 4.78 is 7.33. The Kier molecular flexibility index (Phi) is 4.78. The van der Waals surface area contributed by atoms with Crippen LogP contribution in [-0.2, 0) is 11.3 Å². The predicted molar refractivity (Wildman–Crippen MR) is 61.0 cm³/mol. The average Bonchev–Trinajstić information content (AvgIpc) is 2.65. The minimum absolute atomic E-state index is 0.335. The lowest BCUT2D eigenvalue weighted by atomic mass is 10.2. The van der Waals surface area contributed by atoms with E-state index in [4.69, 9.17) is 4.74 Å². The number of likely N-dealkylation sites (N-methyl/N-ethyl adjacent to an activating group) is 1. The van der Waals surface area contributed by atoms with Gasteiger partial charge in [0.25, 0.3) is 0 Å². The molecule has 0 amide bonds. The van der Waals surface area contributed by atoms with E-state index in [-0.39, 0.29) is 0 Å². The molecule has 0 spiro atoms. The maximum Gasteiger partial charge on any atom is 0.111 e. The zero-order chi connectivity index (χ0) is 11.3. The van der Waals surface area contributed by atoms with Crippen molar-refractivity contribution >= 4 is 0 Å². The molecular formula is C11H21N3O. The molecule has 1 atom stereocenters.